The SMILES string of the molecule is Cn1c(=O)n(C)c2cc(NC(=O)c3ccccc3SCC(=O)N3CCc4ccccc43)ccc21. The van der Waals surface area contributed by atoms with Crippen LogP contribution in [-0.2, 0) is 25.3 Å². The van der Waals surface area contributed by atoms with E-state index in [1.54, 1.807) is 41.4 Å². The number of rotatable bonds is 5. The number of amides is 2. The van der Waals surface area contributed by atoms with Gasteiger partial charge in [-0.3, -0.25) is 18.7 Å². The van der Waals surface area contributed by atoms with Gasteiger partial charge in [0.1, 0.15) is 0 Å². The highest BCUT2D eigenvalue weighted by atomic mass is 32.2. The summed E-state index contributed by atoms with van der Waals surface area (Å²) in [5.41, 5.74) is 4.68. The molecule has 7 nitrogen and oxygen atoms in total. The highest BCUT2D eigenvalue weighted by Crippen LogP contribution is 2.30. The minimum Gasteiger partial charge on any atom is -0.322 e. The predicted molar refractivity (Wildman–Crippen MR) is 136 cm³/mol. The Morgan fingerprint density at radius 3 is 2.53 bits per heavy atom. The Morgan fingerprint density at radius 1 is 0.941 bits per heavy atom. The molecule has 5 rings (SSSR count). The molecule has 172 valence electrons. The Morgan fingerprint density at radius 2 is 1.68 bits per heavy atom. The van der Waals surface area contributed by atoms with Crippen molar-refractivity contribution in [2.75, 3.05) is 22.5 Å². The fourth-order valence-electron chi connectivity index (χ4n) is 4.38. The van der Waals surface area contributed by atoms with E-state index in [1.165, 1.54) is 17.3 Å². The number of benzene rings is 3. The minimum atomic E-state index is -0.262. The molecular formula is C26H24N4O3S. The number of carbonyl (C=O) groups is 2. The van der Waals surface area contributed by atoms with E-state index in [-0.39, 0.29) is 23.3 Å². The minimum absolute atomic E-state index is 0.0283. The zero-order valence-corrected chi connectivity index (χ0v) is 19.8. The van der Waals surface area contributed by atoms with Crippen LogP contribution >= 0.6 is 11.8 Å². The van der Waals surface area contributed by atoms with Crippen molar-refractivity contribution in [1.82, 2.24) is 9.13 Å². The van der Waals surface area contributed by atoms with Gasteiger partial charge in [0.25, 0.3) is 5.91 Å². The number of aryl methyl sites for hydroxylation is 2. The summed E-state index contributed by atoms with van der Waals surface area (Å²) in [7, 11) is 3.43. The van der Waals surface area contributed by atoms with Crippen LogP contribution in [0.5, 0.6) is 0 Å². The third-order valence-corrected chi connectivity index (χ3v) is 7.26. The smallest absolute Gasteiger partial charge is 0.322 e. The summed E-state index contributed by atoms with van der Waals surface area (Å²) in [6, 6.07) is 20.6. The molecule has 2 amide bonds. The quantitative estimate of drug-likeness (QED) is 0.448. The van der Waals surface area contributed by atoms with Gasteiger partial charge in [0.05, 0.1) is 22.3 Å². The Bertz CT molecular complexity index is 1490. The second-order valence-corrected chi connectivity index (χ2v) is 9.28. The molecule has 0 fully saturated rings. The summed E-state index contributed by atoms with van der Waals surface area (Å²) in [6.45, 7) is 0.686. The molecule has 1 aliphatic heterocycles. The van der Waals surface area contributed by atoms with Crippen molar-refractivity contribution in [3.05, 3.63) is 88.3 Å². The molecule has 0 aliphatic carbocycles. The fourth-order valence-corrected chi connectivity index (χ4v) is 5.30. The van der Waals surface area contributed by atoms with Crippen molar-refractivity contribution in [1.29, 1.82) is 0 Å². The third kappa shape index (κ3) is 3.90. The molecule has 4 aromatic rings. The first-order valence-electron chi connectivity index (χ1n) is 11.0. The first-order chi connectivity index (χ1) is 16.4. The number of para-hydroxylation sites is 1. The number of aromatic nitrogens is 2. The molecule has 0 unspecified atom stereocenters. The van der Waals surface area contributed by atoms with Gasteiger partial charge in [-0.1, -0.05) is 30.3 Å². The van der Waals surface area contributed by atoms with E-state index in [2.05, 4.69) is 11.4 Å². The monoisotopic (exact) mass is 472 g/mol. The summed E-state index contributed by atoms with van der Waals surface area (Å²) >= 11 is 1.37. The van der Waals surface area contributed by atoms with E-state index >= 15 is 0 Å². The molecule has 8 heteroatoms. The van der Waals surface area contributed by atoms with Crippen molar-refractivity contribution < 1.29 is 9.59 Å². The maximum Gasteiger partial charge on any atom is 0.328 e. The number of nitrogens with zero attached hydrogens (tertiary/aromatic N) is 3. The third-order valence-electron chi connectivity index (χ3n) is 6.20. The molecule has 0 saturated carbocycles. The summed E-state index contributed by atoms with van der Waals surface area (Å²) in [4.78, 5) is 40.8. The second-order valence-electron chi connectivity index (χ2n) is 8.27. The van der Waals surface area contributed by atoms with E-state index in [0.717, 1.165) is 28.0 Å². The first kappa shape index (κ1) is 22.0. The van der Waals surface area contributed by atoms with Crippen LogP contribution in [0.15, 0.2) is 76.4 Å². The number of imidazole rings is 1. The van der Waals surface area contributed by atoms with E-state index in [1.807, 2.05) is 47.4 Å². The van der Waals surface area contributed by atoms with Crippen LogP contribution in [0.1, 0.15) is 15.9 Å². The normalized spacial score (nSPS) is 12.7. The predicted octanol–water partition coefficient (Wildman–Crippen LogP) is 3.81. The fraction of sp³-hybridized carbons (Fsp3) is 0.192. The van der Waals surface area contributed by atoms with Gasteiger partial charge in [0.15, 0.2) is 0 Å². The molecule has 1 aliphatic rings. The number of fused-ring (bicyclic) bond motifs is 2. The number of nitrogens with one attached hydrogen (secondary N) is 1. The Hall–Kier alpha value is -3.78. The zero-order valence-electron chi connectivity index (χ0n) is 18.9. The van der Waals surface area contributed by atoms with Gasteiger partial charge in [0.2, 0.25) is 5.91 Å². The highest BCUT2D eigenvalue weighted by molar-refractivity contribution is 8.00. The number of anilines is 2. The lowest BCUT2D eigenvalue weighted by Gasteiger charge is -2.17. The van der Waals surface area contributed by atoms with E-state index in [9.17, 15) is 14.4 Å². The molecule has 2 heterocycles. The second kappa shape index (κ2) is 8.87. The van der Waals surface area contributed by atoms with Crippen LogP contribution in [0.25, 0.3) is 11.0 Å². The molecular weight excluding hydrogens is 448 g/mol. The molecule has 3 aromatic carbocycles. The average molecular weight is 473 g/mol. The maximum absolute atomic E-state index is 13.1. The molecule has 0 atom stereocenters. The highest BCUT2D eigenvalue weighted by Gasteiger charge is 2.24. The van der Waals surface area contributed by atoms with Crippen molar-refractivity contribution in [3.8, 4) is 0 Å². The van der Waals surface area contributed by atoms with Crippen LogP contribution < -0.4 is 15.9 Å². The number of carbonyl (C=O) groups excluding carboxylic acids is 2. The van der Waals surface area contributed by atoms with Crippen LogP contribution in [0.3, 0.4) is 0 Å². The van der Waals surface area contributed by atoms with Crippen LogP contribution in [0, 0.1) is 0 Å². The first-order valence-corrected chi connectivity index (χ1v) is 12.0. The Kier molecular flexibility index (Phi) is 5.75. The maximum atomic E-state index is 13.1. The lowest BCUT2D eigenvalue weighted by atomic mass is 10.2. The van der Waals surface area contributed by atoms with Gasteiger partial charge >= 0.3 is 5.69 Å². The van der Waals surface area contributed by atoms with E-state index in [0.29, 0.717) is 17.8 Å². The summed E-state index contributed by atoms with van der Waals surface area (Å²) in [6.07, 6.45) is 0.864. The molecule has 34 heavy (non-hydrogen) atoms. The molecule has 0 spiro atoms. The number of thioether (sulfide) groups is 1. The summed E-state index contributed by atoms with van der Waals surface area (Å²) in [5, 5.41) is 2.93. The molecule has 1 N–H and O–H groups in total. The van der Waals surface area contributed by atoms with Gasteiger partial charge in [-0.15, -0.1) is 11.8 Å². The van der Waals surface area contributed by atoms with Crippen molar-refractivity contribution in [3.63, 3.8) is 0 Å². The summed E-state index contributed by atoms with van der Waals surface area (Å²) < 4.78 is 3.12. The van der Waals surface area contributed by atoms with E-state index in [4.69, 9.17) is 0 Å². The van der Waals surface area contributed by atoms with Gasteiger partial charge < -0.3 is 10.2 Å². The standard InChI is InChI=1S/C26H24N4O3S/c1-28-21-12-11-18(15-22(21)29(2)26(28)33)27-25(32)19-8-4-6-10-23(19)34-16-24(31)30-14-13-17-7-3-5-9-20(17)30/h3-12,15H,13-14,16H2,1-2H3,(H,27,32). The number of hydrogen-bond donors (Lipinski definition) is 1. The Balaban J connectivity index is 1.32. The lowest BCUT2D eigenvalue weighted by Crippen LogP contribution is -2.30. The zero-order chi connectivity index (χ0) is 23.8. The largest absolute Gasteiger partial charge is 0.328 e. The van der Waals surface area contributed by atoms with Crippen LogP contribution in [0.4, 0.5) is 11.4 Å². The van der Waals surface area contributed by atoms with Gasteiger partial charge in [-0.25, -0.2) is 4.79 Å². The molecule has 0 radical (unpaired) electrons. The van der Waals surface area contributed by atoms with Crippen molar-refractivity contribution >= 4 is 46.0 Å². The van der Waals surface area contributed by atoms with Crippen LogP contribution in [0.2, 0.25) is 0 Å². The molecule has 1 aromatic heterocycles. The molecule has 0 bridgehead atoms. The van der Waals surface area contributed by atoms with E-state index < -0.39 is 0 Å². The van der Waals surface area contributed by atoms with Crippen LogP contribution in [-0.4, -0.2) is 33.2 Å². The lowest BCUT2D eigenvalue weighted by molar-refractivity contribution is -0.116. The van der Waals surface area contributed by atoms with Gasteiger partial charge in [0, 0.05) is 36.9 Å². The van der Waals surface area contributed by atoms with Crippen molar-refractivity contribution in [2.24, 2.45) is 14.1 Å². The topological polar surface area (TPSA) is 76.3 Å². The van der Waals surface area contributed by atoms with Gasteiger partial charge in [-0.2, -0.15) is 0 Å². The number of hydrogen-bond acceptors (Lipinski definition) is 4. The Labute approximate surface area is 201 Å². The molecule has 0 saturated heterocycles. The average Bonchev–Trinajstić information content (AvgIpc) is 3.38. The van der Waals surface area contributed by atoms with Crippen molar-refractivity contribution in [2.45, 2.75) is 11.3 Å². The summed E-state index contributed by atoms with van der Waals surface area (Å²) in [5.74, 6) is 0.0134. The van der Waals surface area contributed by atoms with Gasteiger partial charge in [-0.05, 0) is 48.4 Å².